The number of carbonyl (C=O) groups is 2. The van der Waals surface area contributed by atoms with Crippen molar-refractivity contribution in [2.45, 2.75) is 66.2 Å². The number of nitrogens with one attached hydrogen (secondary N) is 1. The summed E-state index contributed by atoms with van der Waals surface area (Å²) in [6, 6.07) is 3.53. The van der Waals surface area contributed by atoms with Crippen molar-refractivity contribution in [1.29, 1.82) is 0 Å². The molecule has 0 aliphatic rings. The van der Waals surface area contributed by atoms with Gasteiger partial charge in [-0.05, 0) is 30.5 Å². The molecule has 2 aromatic heterocycles. The Morgan fingerprint density at radius 3 is 2.55 bits per heavy atom. The van der Waals surface area contributed by atoms with Crippen LogP contribution in [-0.2, 0) is 16.3 Å². The van der Waals surface area contributed by atoms with E-state index in [1.807, 2.05) is 33.8 Å². The van der Waals surface area contributed by atoms with Gasteiger partial charge in [0.25, 0.3) is 5.91 Å². The van der Waals surface area contributed by atoms with E-state index in [1.54, 1.807) is 22.9 Å². The van der Waals surface area contributed by atoms with E-state index in [1.165, 1.54) is 6.08 Å². The molecule has 0 spiro atoms. The topological polar surface area (TPSA) is 93.5 Å². The third-order valence-corrected chi connectivity index (χ3v) is 6.42. The van der Waals surface area contributed by atoms with Crippen LogP contribution < -0.4 is 5.32 Å². The zero-order valence-corrected chi connectivity index (χ0v) is 20.7. The summed E-state index contributed by atoms with van der Waals surface area (Å²) in [5.74, 6) is -1.57. The Bertz CT molecular complexity index is 968. The molecule has 0 radical (unpaired) electrons. The molecule has 0 bridgehead atoms. The van der Waals surface area contributed by atoms with Crippen LogP contribution in [0.5, 0.6) is 0 Å². The average molecular weight is 446 g/mol. The Labute approximate surface area is 185 Å². The van der Waals surface area contributed by atoms with E-state index in [0.717, 1.165) is 22.6 Å². The van der Waals surface area contributed by atoms with Crippen molar-refractivity contribution in [2.75, 3.05) is 6.61 Å². The van der Waals surface area contributed by atoms with Crippen LogP contribution in [0.15, 0.2) is 30.5 Å². The number of nitrogens with zero attached hydrogens (tertiary/aromatic N) is 2. The highest BCUT2D eigenvalue weighted by Gasteiger charge is 2.23. The summed E-state index contributed by atoms with van der Waals surface area (Å²) in [7, 11) is -1.23. The lowest BCUT2D eigenvalue weighted by Crippen LogP contribution is -2.40. The molecule has 31 heavy (non-hydrogen) atoms. The number of allylic oxidation sites excluding steroid dienone is 1. The van der Waals surface area contributed by atoms with E-state index in [9.17, 15) is 14.7 Å². The lowest BCUT2D eigenvalue weighted by atomic mass is 9.95. The highest BCUT2D eigenvalue weighted by Crippen LogP contribution is 2.21. The molecule has 0 aliphatic carbocycles. The van der Waals surface area contributed by atoms with Crippen molar-refractivity contribution in [3.63, 3.8) is 0 Å². The number of aryl methyl sites for hydroxylation is 1. The highest BCUT2D eigenvalue weighted by molar-refractivity contribution is 6.76. The van der Waals surface area contributed by atoms with Gasteiger partial charge in [0.05, 0.1) is 5.52 Å². The van der Waals surface area contributed by atoms with Crippen molar-refractivity contribution in [1.82, 2.24) is 14.9 Å². The Hall–Kier alpha value is -2.45. The molecule has 0 aromatic carbocycles. The number of ether oxygens (including phenoxy) is 1. The minimum Gasteiger partial charge on any atom is -0.479 e. The number of aliphatic carboxylic acids is 1. The minimum atomic E-state index is -1.23. The monoisotopic (exact) mass is 445 g/mol. The SMILES string of the molecule is Cc1cc2c(cn1)cc(C(=O)NC(/C=C/C(C)(C)C)C(=O)O)n2COCC[Si](C)(C)C. The quantitative estimate of drug-likeness (QED) is 0.338. The van der Waals surface area contributed by atoms with Gasteiger partial charge in [0.1, 0.15) is 18.5 Å². The van der Waals surface area contributed by atoms with Gasteiger partial charge < -0.3 is 19.7 Å². The first-order valence-corrected chi connectivity index (χ1v) is 14.2. The third-order valence-electron chi connectivity index (χ3n) is 4.71. The summed E-state index contributed by atoms with van der Waals surface area (Å²) in [6.07, 6.45) is 5.02. The number of rotatable bonds is 9. The van der Waals surface area contributed by atoms with Crippen molar-refractivity contribution in [3.05, 3.63) is 41.9 Å². The first kappa shape index (κ1) is 24.8. The normalized spacial score (nSPS) is 13.6. The van der Waals surface area contributed by atoms with Gasteiger partial charge in [0.15, 0.2) is 0 Å². The lowest BCUT2D eigenvalue weighted by Gasteiger charge is -2.18. The van der Waals surface area contributed by atoms with E-state index < -0.39 is 26.0 Å². The molecule has 0 saturated heterocycles. The Balaban J connectivity index is 2.30. The molecular formula is C23H35N3O4Si. The third kappa shape index (κ3) is 7.63. The molecular weight excluding hydrogens is 410 g/mol. The maximum atomic E-state index is 13.1. The Morgan fingerprint density at radius 2 is 1.97 bits per heavy atom. The number of carboxylic acids is 1. The second-order valence-corrected chi connectivity index (χ2v) is 15.8. The molecule has 2 N–H and O–H groups in total. The van der Waals surface area contributed by atoms with Crippen molar-refractivity contribution >= 4 is 30.9 Å². The van der Waals surface area contributed by atoms with Crippen molar-refractivity contribution in [2.24, 2.45) is 5.41 Å². The zero-order chi connectivity index (χ0) is 23.4. The van der Waals surface area contributed by atoms with E-state index in [4.69, 9.17) is 4.74 Å². The molecule has 1 atom stereocenters. The van der Waals surface area contributed by atoms with Crippen LogP contribution in [0, 0.1) is 12.3 Å². The first-order chi connectivity index (χ1) is 14.3. The van der Waals surface area contributed by atoms with Crippen LogP contribution in [0.25, 0.3) is 10.9 Å². The molecule has 1 amide bonds. The predicted octanol–water partition coefficient (Wildman–Crippen LogP) is 4.44. The van der Waals surface area contributed by atoms with Crippen molar-refractivity contribution < 1.29 is 19.4 Å². The van der Waals surface area contributed by atoms with Gasteiger partial charge >= 0.3 is 5.97 Å². The molecule has 170 valence electrons. The summed E-state index contributed by atoms with van der Waals surface area (Å²) < 4.78 is 7.69. The summed E-state index contributed by atoms with van der Waals surface area (Å²) in [5, 5.41) is 13.0. The van der Waals surface area contributed by atoms with Crippen LogP contribution in [0.1, 0.15) is 37.0 Å². The van der Waals surface area contributed by atoms with Gasteiger partial charge in [0, 0.05) is 32.0 Å². The largest absolute Gasteiger partial charge is 0.479 e. The van der Waals surface area contributed by atoms with Gasteiger partial charge in [-0.2, -0.15) is 0 Å². The fourth-order valence-corrected chi connectivity index (χ4v) is 3.67. The maximum Gasteiger partial charge on any atom is 0.330 e. The molecule has 8 heteroatoms. The number of pyridine rings is 1. The Morgan fingerprint density at radius 1 is 1.29 bits per heavy atom. The first-order valence-electron chi connectivity index (χ1n) is 10.5. The predicted molar refractivity (Wildman–Crippen MR) is 126 cm³/mol. The summed E-state index contributed by atoms with van der Waals surface area (Å²) in [5.41, 5.74) is 1.83. The fraction of sp³-hybridized carbons (Fsp3) is 0.522. The zero-order valence-electron chi connectivity index (χ0n) is 19.7. The molecule has 7 nitrogen and oxygen atoms in total. The number of aromatic nitrogens is 2. The number of carboxylic acid groups (broad SMARTS) is 1. The molecule has 2 aromatic rings. The highest BCUT2D eigenvalue weighted by atomic mass is 28.3. The number of hydrogen-bond donors (Lipinski definition) is 2. The number of fused-ring (bicyclic) bond motifs is 1. The number of amides is 1. The average Bonchev–Trinajstić information content (AvgIpc) is 2.98. The van der Waals surface area contributed by atoms with Crippen LogP contribution in [0.4, 0.5) is 0 Å². The Kier molecular flexibility index (Phi) is 7.83. The second-order valence-electron chi connectivity index (χ2n) is 10.2. The minimum absolute atomic E-state index is 0.194. The molecule has 2 rings (SSSR count). The van der Waals surface area contributed by atoms with Gasteiger partial charge in [-0.3, -0.25) is 9.78 Å². The van der Waals surface area contributed by atoms with Gasteiger partial charge in [-0.25, -0.2) is 4.79 Å². The van der Waals surface area contributed by atoms with E-state index >= 15 is 0 Å². The van der Waals surface area contributed by atoms with Crippen LogP contribution in [0.2, 0.25) is 25.7 Å². The van der Waals surface area contributed by atoms with Crippen molar-refractivity contribution in [3.8, 4) is 0 Å². The molecule has 0 aliphatic heterocycles. The smallest absolute Gasteiger partial charge is 0.330 e. The number of carbonyl (C=O) groups excluding carboxylic acids is 1. The fourth-order valence-electron chi connectivity index (χ4n) is 2.91. The van der Waals surface area contributed by atoms with E-state index in [-0.39, 0.29) is 12.1 Å². The van der Waals surface area contributed by atoms with Crippen LogP contribution in [0.3, 0.4) is 0 Å². The lowest BCUT2D eigenvalue weighted by molar-refractivity contribution is -0.137. The van der Waals surface area contributed by atoms with E-state index in [0.29, 0.717) is 12.3 Å². The van der Waals surface area contributed by atoms with Gasteiger partial charge in [0.2, 0.25) is 0 Å². The van der Waals surface area contributed by atoms with Gasteiger partial charge in [-0.15, -0.1) is 0 Å². The molecule has 0 saturated carbocycles. The summed E-state index contributed by atoms with van der Waals surface area (Å²) >= 11 is 0. The number of hydrogen-bond acceptors (Lipinski definition) is 4. The second kappa shape index (κ2) is 9.78. The molecule has 0 fully saturated rings. The molecule has 2 heterocycles. The summed E-state index contributed by atoms with van der Waals surface area (Å²) in [6.45, 7) is 15.5. The van der Waals surface area contributed by atoms with Crippen LogP contribution >= 0.6 is 0 Å². The molecule has 1 unspecified atom stereocenters. The van der Waals surface area contributed by atoms with Gasteiger partial charge in [-0.1, -0.05) is 52.6 Å². The summed E-state index contributed by atoms with van der Waals surface area (Å²) in [4.78, 5) is 29.0. The van der Waals surface area contributed by atoms with Crippen LogP contribution in [-0.4, -0.2) is 47.3 Å². The standard InChI is InChI=1S/C23H35N3O4Si/c1-16-12-19-17(14-24-16)13-20(26(19)15-30-10-11-31(5,6)7)21(27)25-18(22(28)29)8-9-23(2,3)4/h8-9,12-14,18H,10-11,15H2,1-7H3,(H,25,27)(H,28,29)/b9-8+. The van der Waals surface area contributed by atoms with E-state index in [2.05, 4.69) is 29.9 Å². The maximum absolute atomic E-state index is 13.1.